The molecule has 0 aromatic heterocycles. The second kappa shape index (κ2) is 7.27. The summed E-state index contributed by atoms with van der Waals surface area (Å²) in [6.07, 6.45) is -8.66. The number of nitrogens with one attached hydrogen (secondary N) is 1. The van der Waals surface area contributed by atoms with E-state index in [0.29, 0.717) is 6.07 Å². The van der Waals surface area contributed by atoms with Gasteiger partial charge < -0.3 is 26.0 Å². The predicted molar refractivity (Wildman–Crippen MR) is 81.1 cm³/mol. The van der Waals surface area contributed by atoms with Gasteiger partial charge in [0.05, 0.1) is 5.56 Å². The second-order valence-corrected chi connectivity index (χ2v) is 6.28. The van der Waals surface area contributed by atoms with Crippen molar-refractivity contribution in [1.29, 1.82) is 0 Å². The summed E-state index contributed by atoms with van der Waals surface area (Å²) in [5, 5.41) is 22.1. The van der Waals surface area contributed by atoms with Crippen molar-refractivity contribution in [2.75, 3.05) is 12.3 Å². The molecule has 0 aliphatic heterocycles. The first-order valence-corrected chi connectivity index (χ1v) is 7.10. The summed E-state index contributed by atoms with van der Waals surface area (Å²) in [4.78, 5) is 11.5. The van der Waals surface area contributed by atoms with Crippen molar-refractivity contribution in [2.24, 2.45) is 0 Å². The number of amides is 1. The minimum atomic E-state index is -4.64. The van der Waals surface area contributed by atoms with Crippen LogP contribution in [0.4, 0.5) is 23.7 Å². The zero-order chi connectivity index (χ0) is 18.7. The van der Waals surface area contributed by atoms with Gasteiger partial charge in [0.2, 0.25) is 0 Å². The summed E-state index contributed by atoms with van der Waals surface area (Å²) in [6, 6.07) is 2.54. The molecule has 136 valence electrons. The number of alkyl halides is 3. The summed E-state index contributed by atoms with van der Waals surface area (Å²) in [5.74, 6) is 0. The molecule has 1 aromatic carbocycles. The topological polar surface area (TPSA) is 105 Å². The number of rotatable bonds is 4. The number of carbonyl (C=O) groups excluding carboxylic acids is 1. The van der Waals surface area contributed by atoms with Crippen molar-refractivity contribution in [2.45, 2.75) is 44.8 Å². The smallest absolute Gasteiger partial charge is 0.416 e. The molecule has 0 saturated carbocycles. The number of aliphatic hydroxyl groups excluding tert-OH is 2. The first-order valence-electron chi connectivity index (χ1n) is 7.10. The molecule has 5 N–H and O–H groups in total. The first kappa shape index (κ1) is 20.0. The van der Waals surface area contributed by atoms with Gasteiger partial charge in [-0.05, 0) is 44.5 Å². The van der Waals surface area contributed by atoms with E-state index in [1.807, 2.05) is 0 Å². The van der Waals surface area contributed by atoms with Crippen LogP contribution in [-0.2, 0) is 10.9 Å². The average Bonchev–Trinajstić information content (AvgIpc) is 2.40. The van der Waals surface area contributed by atoms with Crippen LogP contribution in [0.1, 0.15) is 38.0 Å². The third-order valence-electron chi connectivity index (χ3n) is 2.87. The lowest BCUT2D eigenvalue weighted by Gasteiger charge is -2.22. The summed E-state index contributed by atoms with van der Waals surface area (Å²) in [5.41, 5.74) is 3.21. The van der Waals surface area contributed by atoms with Gasteiger partial charge in [-0.2, -0.15) is 13.2 Å². The Morgan fingerprint density at radius 1 is 1.25 bits per heavy atom. The number of aliphatic hydroxyl groups is 2. The largest absolute Gasteiger partial charge is 0.444 e. The van der Waals surface area contributed by atoms with Gasteiger partial charge in [-0.15, -0.1) is 0 Å². The SMILES string of the molecule is CC(C)(C)OC(=O)NCC(O)C(O)c1cc(N)cc(C(F)(F)F)c1. The van der Waals surface area contributed by atoms with Crippen LogP contribution in [0.3, 0.4) is 0 Å². The van der Waals surface area contributed by atoms with Gasteiger partial charge in [-0.1, -0.05) is 0 Å². The van der Waals surface area contributed by atoms with Crippen molar-refractivity contribution in [1.82, 2.24) is 5.32 Å². The second-order valence-electron chi connectivity index (χ2n) is 6.28. The van der Waals surface area contributed by atoms with Crippen LogP contribution in [-0.4, -0.2) is 34.6 Å². The monoisotopic (exact) mass is 350 g/mol. The summed E-state index contributed by atoms with van der Waals surface area (Å²) in [6.45, 7) is 4.52. The number of ether oxygens (including phenoxy) is 1. The van der Waals surface area contributed by atoms with Crippen molar-refractivity contribution < 1.29 is 32.9 Å². The molecule has 0 aliphatic carbocycles. The van der Waals surface area contributed by atoms with Crippen LogP contribution in [0.25, 0.3) is 0 Å². The van der Waals surface area contributed by atoms with Crippen LogP contribution in [0.5, 0.6) is 0 Å². The van der Waals surface area contributed by atoms with Crippen molar-refractivity contribution in [3.8, 4) is 0 Å². The van der Waals surface area contributed by atoms with Crippen LogP contribution in [0, 0.1) is 0 Å². The molecule has 2 atom stereocenters. The Labute approximate surface area is 137 Å². The number of benzene rings is 1. The molecular formula is C15H21F3N2O4. The maximum Gasteiger partial charge on any atom is 0.416 e. The summed E-state index contributed by atoms with van der Waals surface area (Å²) in [7, 11) is 0. The molecule has 1 aromatic rings. The van der Waals surface area contributed by atoms with Crippen molar-refractivity contribution >= 4 is 11.8 Å². The Morgan fingerprint density at radius 3 is 2.33 bits per heavy atom. The fourth-order valence-electron chi connectivity index (χ4n) is 1.85. The van der Waals surface area contributed by atoms with E-state index in [-0.39, 0.29) is 11.3 Å². The standard InChI is InChI=1S/C15H21F3N2O4/c1-14(2,3)24-13(23)20-7-11(21)12(22)8-4-9(15(16,17)18)6-10(19)5-8/h4-6,11-12,21-22H,7,19H2,1-3H3,(H,20,23). The summed E-state index contributed by atoms with van der Waals surface area (Å²) < 4.78 is 43.2. The molecule has 1 amide bonds. The Morgan fingerprint density at radius 2 is 1.83 bits per heavy atom. The lowest BCUT2D eigenvalue weighted by molar-refractivity contribution is -0.137. The molecular weight excluding hydrogens is 329 g/mol. The maximum absolute atomic E-state index is 12.8. The highest BCUT2D eigenvalue weighted by Crippen LogP contribution is 2.33. The highest BCUT2D eigenvalue weighted by molar-refractivity contribution is 5.67. The Balaban J connectivity index is 2.77. The Hall–Kier alpha value is -2.00. The van der Waals surface area contributed by atoms with Crippen molar-refractivity contribution in [3.63, 3.8) is 0 Å². The molecule has 6 nitrogen and oxygen atoms in total. The number of carbonyl (C=O) groups is 1. The minimum absolute atomic E-state index is 0.203. The quantitative estimate of drug-likeness (QED) is 0.623. The molecule has 0 radical (unpaired) electrons. The number of nitrogens with two attached hydrogens (primary N) is 1. The van der Waals surface area contributed by atoms with Gasteiger partial charge in [-0.25, -0.2) is 4.79 Å². The van der Waals surface area contributed by atoms with Gasteiger partial charge in [0.15, 0.2) is 0 Å². The molecule has 0 aliphatic rings. The van der Waals surface area contributed by atoms with Gasteiger partial charge >= 0.3 is 12.3 Å². The van der Waals surface area contributed by atoms with Crippen molar-refractivity contribution in [3.05, 3.63) is 29.3 Å². The fraction of sp³-hybridized carbons (Fsp3) is 0.533. The first-order chi connectivity index (χ1) is 10.8. The molecule has 0 saturated heterocycles. The third kappa shape index (κ3) is 6.25. The van der Waals surface area contributed by atoms with Gasteiger partial charge in [0.1, 0.15) is 17.8 Å². The molecule has 2 unspecified atom stereocenters. The van der Waals surface area contributed by atoms with E-state index in [4.69, 9.17) is 10.5 Å². The lowest BCUT2D eigenvalue weighted by Crippen LogP contribution is -2.38. The minimum Gasteiger partial charge on any atom is -0.444 e. The van der Waals surface area contributed by atoms with Crippen LogP contribution in [0.2, 0.25) is 0 Å². The highest BCUT2D eigenvalue weighted by Gasteiger charge is 2.32. The van der Waals surface area contributed by atoms with E-state index in [2.05, 4.69) is 5.32 Å². The number of nitrogen functional groups attached to an aromatic ring is 1. The number of anilines is 1. The van der Waals surface area contributed by atoms with E-state index >= 15 is 0 Å². The molecule has 0 spiro atoms. The molecule has 0 heterocycles. The number of hydrogen-bond acceptors (Lipinski definition) is 5. The van der Waals surface area contributed by atoms with Gasteiger partial charge in [0.25, 0.3) is 0 Å². The van der Waals surface area contributed by atoms with Crippen LogP contribution >= 0.6 is 0 Å². The van der Waals surface area contributed by atoms with Gasteiger partial charge in [-0.3, -0.25) is 0 Å². The number of hydrogen-bond donors (Lipinski definition) is 4. The highest BCUT2D eigenvalue weighted by atomic mass is 19.4. The molecule has 9 heteroatoms. The average molecular weight is 350 g/mol. The lowest BCUT2D eigenvalue weighted by atomic mass is 10.0. The Kier molecular flexibility index (Phi) is 6.07. The van der Waals surface area contributed by atoms with E-state index in [9.17, 15) is 28.2 Å². The zero-order valence-electron chi connectivity index (χ0n) is 13.5. The summed E-state index contributed by atoms with van der Waals surface area (Å²) >= 11 is 0. The van der Waals surface area contributed by atoms with Gasteiger partial charge in [0, 0.05) is 12.2 Å². The van der Waals surface area contributed by atoms with E-state index in [0.717, 1.165) is 12.1 Å². The molecule has 1 rings (SSSR count). The van der Waals surface area contributed by atoms with Crippen LogP contribution < -0.4 is 11.1 Å². The predicted octanol–water partition coefficient (Wildman–Crippen LogP) is 2.21. The maximum atomic E-state index is 12.8. The van der Waals surface area contributed by atoms with E-state index in [1.54, 1.807) is 20.8 Å². The molecule has 24 heavy (non-hydrogen) atoms. The molecule has 0 fully saturated rings. The zero-order valence-corrected chi connectivity index (χ0v) is 13.5. The fourth-order valence-corrected chi connectivity index (χ4v) is 1.85. The number of halogens is 3. The third-order valence-corrected chi connectivity index (χ3v) is 2.87. The molecule has 0 bridgehead atoms. The van der Waals surface area contributed by atoms with Crippen LogP contribution in [0.15, 0.2) is 18.2 Å². The normalized spacial score (nSPS) is 14.8. The van der Waals surface area contributed by atoms with E-state index in [1.165, 1.54) is 0 Å². The van der Waals surface area contributed by atoms with E-state index < -0.39 is 42.2 Å². The number of alkyl carbamates (subject to hydrolysis) is 1. The Bertz CT molecular complexity index is 585.